The van der Waals surface area contributed by atoms with Crippen LogP contribution >= 0.6 is 24.2 Å². The van der Waals surface area contributed by atoms with Gasteiger partial charge in [0.05, 0.1) is 23.7 Å². The number of anilines is 4. The lowest BCUT2D eigenvalue weighted by Gasteiger charge is -2.43. The molecule has 3 aliphatic rings. The topological polar surface area (TPSA) is 150 Å². The van der Waals surface area contributed by atoms with Gasteiger partial charge in [0.25, 0.3) is 5.91 Å². The number of benzene rings is 3. The molecule has 3 aliphatic heterocycles. The molecule has 0 aliphatic carbocycles. The number of imide groups is 1. The lowest BCUT2D eigenvalue weighted by Crippen LogP contribution is -2.58. The third-order valence-corrected chi connectivity index (χ3v) is 12.1. The molecule has 61 heavy (non-hydrogen) atoms. The quantitative estimate of drug-likeness (QED) is 0.113. The number of piperazine rings is 1. The minimum Gasteiger partial charge on any atom is -0.492 e. The molecule has 0 aromatic heterocycles. The Hall–Kier alpha value is -5.02. The van der Waals surface area contributed by atoms with Crippen molar-refractivity contribution in [2.45, 2.75) is 95.6 Å². The van der Waals surface area contributed by atoms with Crippen molar-refractivity contribution in [1.82, 2.24) is 15.1 Å². The average molecular weight is 883 g/mol. The van der Waals surface area contributed by atoms with Crippen LogP contribution in [0.5, 0.6) is 5.75 Å². The number of nitrogens with zero attached hydrogens (tertiary/aromatic N) is 5. The molecule has 0 bridgehead atoms. The number of thiol groups is 1. The van der Waals surface area contributed by atoms with Gasteiger partial charge in [0.15, 0.2) is 5.50 Å². The van der Waals surface area contributed by atoms with Crippen LogP contribution in [-0.4, -0.2) is 95.4 Å². The zero-order valence-electron chi connectivity index (χ0n) is 34.8. The number of hydrogen-bond donors (Lipinski definition) is 4. The monoisotopic (exact) mass is 882 g/mol. The predicted molar refractivity (Wildman–Crippen MR) is 231 cm³/mol. The number of nitrogens with one attached hydrogen (secondary N) is 3. The second kappa shape index (κ2) is 18.1. The predicted octanol–water partition coefficient (Wildman–Crippen LogP) is 6.83. The molecule has 3 fully saturated rings. The Labute approximate surface area is 363 Å². The number of carbonyl (C=O) groups excluding carboxylic acids is 4. The summed E-state index contributed by atoms with van der Waals surface area (Å²) in [6.07, 6.45) is -4.21. The number of rotatable bonds is 12. The normalized spacial score (nSPS) is 22.3. The van der Waals surface area contributed by atoms with Gasteiger partial charge in [0, 0.05) is 65.9 Å². The molecule has 0 saturated carbocycles. The summed E-state index contributed by atoms with van der Waals surface area (Å²) in [6, 6.07) is 14.9. The number of nitriles is 1. The van der Waals surface area contributed by atoms with E-state index in [-0.39, 0.29) is 48.5 Å². The molecule has 0 radical (unpaired) electrons. The van der Waals surface area contributed by atoms with Crippen molar-refractivity contribution in [3.05, 3.63) is 76.3 Å². The molecule has 4 atom stereocenters. The first-order valence-electron chi connectivity index (χ1n) is 20.1. The van der Waals surface area contributed by atoms with Gasteiger partial charge in [-0.2, -0.15) is 18.4 Å². The Bertz CT molecular complexity index is 2240. The fourth-order valence-electron chi connectivity index (χ4n) is 8.13. The van der Waals surface area contributed by atoms with Crippen molar-refractivity contribution in [1.29, 1.82) is 5.26 Å². The minimum atomic E-state index is -4.79. The van der Waals surface area contributed by atoms with E-state index in [0.717, 1.165) is 17.7 Å². The number of halogens is 4. The Kier molecular flexibility index (Phi) is 13.5. The Morgan fingerprint density at radius 3 is 2.36 bits per heavy atom. The van der Waals surface area contributed by atoms with Crippen molar-refractivity contribution in [2.24, 2.45) is 0 Å². The van der Waals surface area contributed by atoms with E-state index in [2.05, 4.69) is 39.6 Å². The first-order chi connectivity index (χ1) is 28.7. The highest BCUT2D eigenvalue weighted by molar-refractivity contribution is 7.81. The van der Waals surface area contributed by atoms with Crippen LogP contribution in [0.1, 0.15) is 77.0 Å². The molecule has 0 spiro atoms. The van der Waals surface area contributed by atoms with Crippen LogP contribution in [0, 0.1) is 11.3 Å². The molecule has 3 heterocycles. The van der Waals surface area contributed by atoms with Crippen LogP contribution < -0.4 is 30.5 Å². The first-order valence-corrected chi connectivity index (χ1v) is 20.9. The van der Waals surface area contributed by atoms with Crippen LogP contribution in [0.25, 0.3) is 0 Å². The zero-order valence-corrected chi connectivity index (χ0v) is 36.4. The van der Waals surface area contributed by atoms with Gasteiger partial charge in [0.1, 0.15) is 23.9 Å². The lowest BCUT2D eigenvalue weighted by molar-refractivity contribution is -0.138. The Balaban J connectivity index is 1.05. The third kappa shape index (κ3) is 10.0. The molecular formula is C43H50ClF3N8O5S. The van der Waals surface area contributed by atoms with Crippen molar-refractivity contribution in [3.8, 4) is 11.8 Å². The highest BCUT2D eigenvalue weighted by Crippen LogP contribution is 2.44. The number of ether oxygens (including phenoxy) is 1. The maximum absolute atomic E-state index is 13.8. The molecule has 6 rings (SSSR count). The molecular weight excluding hydrogens is 833 g/mol. The standard InChI is InChI=1S/C43H50ClF3N8O5S/c1-24(2)33-18-32(55-41(61)54(40(59)42(55,5)6)31-8-7-27(20-48)34(19-31)43(45,46)47)9-11-36(33)60-14-13-52-21-26(4)53(22-25(52)3)23-38(57)50-30-16-28(44)15-29(17-30)49-35-10-12-37(56)51-39(35)58/h7-9,11,15-19,24-26,35,41,49,61H,10,12-14,21-23H2,1-6H3,(H,50,57)(H,51,56,58)/t25-,26-,35?,41+/m1/s1. The van der Waals surface area contributed by atoms with Gasteiger partial charge in [-0.05, 0) is 100 Å². The zero-order chi connectivity index (χ0) is 44.6. The van der Waals surface area contributed by atoms with E-state index in [1.54, 1.807) is 43.0 Å². The number of alkyl halides is 3. The van der Waals surface area contributed by atoms with E-state index < -0.39 is 46.2 Å². The summed E-state index contributed by atoms with van der Waals surface area (Å²) in [5.41, 5.74) is -1.25. The smallest absolute Gasteiger partial charge is 0.417 e. The molecule has 13 nitrogen and oxygen atoms in total. The van der Waals surface area contributed by atoms with Gasteiger partial charge in [-0.1, -0.05) is 25.4 Å². The van der Waals surface area contributed by atoms with Crippen molar-refractivity contribution >= 4 is 70.6 Å². The summed E-state index contributed by atoms with van der Waals surface area (Å²) in [5.74, 6) is -0.684. The molecule has 3 aromatic carbocycles. The molecule has 3 saturated heterocycles. The van der Waals surface area contributed by atoms with E-state index in [1.807, 2.05) is 32.0 Å². The van der Waals surface area contributed by atoms with E-state index >= 15 is 0 Å². The summed E-state index contributed by atoms with van der Waals surface area (Å²) in [7, 11) is 0. The fraction of sp³-hybridized carbons (Fsp3) is 0.465. The maximum atomic E-state index is 13.8. The number of hydrogen-bond acceptors (Lipinski definition) is 11. The van der Waals surface area contributed by atoms with E-state index in [1.165, 1.54) is 11.0 Å². The van der Waals surface area contributed by atoms with Crippen LogP contribution in [0.2, 0.25) is 5.02 Å². The first kappa shape index (κ1) is 45.5. The molecule has 1 unspecified atom stereocenters. The number of piperidine rings is 1. The van der Waals surface area contributed by atoms with Gasteiger partial charge in [-0.15, -0.1) is 12.6 Å². The molecule has 3 N–H and O–H groups in total. The molecule has 4 amide bonds. The summed E-state index contributed by atoms with van der Waals surface area (Å²) in [4.78, 5) is 58.2. The van der Waals surface area contributed by atoms with Crippen LogP contribution in [0.3, 0.4) is 0 Å². The SMILES string of the molecule is CC(C)c1cc(N2[C@@H](S)N(c3ccc(C#N)c(C(F)(F)F)c3)C(=O)C2(C)C)ccc1OCCN1C[C@@H](C)N(CC(=O)Nc2cc(Cl)cc(NC3CCC(=O)NC3=O)c2)C[C@H]1C. The van der Waals surface area contributed by atoms with E-state index in [4.69, 9.17) is 29.0 Å². The van der Waals surface area contributed by atoms with Gasteiger partial charge in [-0.25, -0.2) is 0 Å². The molecule has 3 aromatic rings. The summed E-state index contributed by atoms with van der Waals surface area (Å²) >= 11 is 11.1. The van der Waals surface area contributed by atoms with Gasteiger partial charge >= 0.3 is 6.18 Å². The number of amides is 4. The Morgan fingerprint density at radius 2 is 1.69 bits per heavy atom. The third-order valence-electron chi connectivity index (χ3n) is 11.4. The van der Waals surface area contributed by atoms with E-state index in [0.29, 0.717) is 60.5 Å². The van der Waals surface area contributed by atoms with Crippen molar-refractivity contribution < 1.29 is 37.1 Å². The second-order valence-electron chi connectivity index (χ2n) is 16.6. The van der Waals surface area contributed by atoms with Gasteiger partial charge in [-0.3, -0.25) is 39.2 Å². The minimum absolute atomic E-state index is 0.0159. The average Bonchev–Trinajstić information content (AvgIpc) is 3.35. The maximum Gasteiger partial charge on any atom is 0.417 e. The summed E-state index contributed by atoms with van der Waals surface area (Å²) in [6.45, 7) is 14.1. The fourth-order valence-corrected chi connectivity index (χ4v) is 9.03. The number of carbonyl (C=O) groups is 4. The Morgan fingerprint density at radius 1 is 1.02 bits per heavy atom. The van der Waals surface area contributed by atoms with Gasteiger partial charge in [0.2, 0.25) is 17.7 Å². The van der Waals surface area contributed by atoms with Crippen LogP contribution in [-0.2, 0) is 25.4 Å². The molecule has 326 valence electrons. The molecule has 18 heteroatoms. The summed E-state index contributed by atoms with van der Waals surface area (Å²) < 4.78 is 47.9. The lowest BCUT2D eigenvalue weighted by atomic mass is 9.98. The summed E-state index contributed by atoms with van der Waals surface area (Å²) in [5, 5.41) is 18.0. The van der Waals surface area contributed by atoms with Crippen LogP contribution in [0.4, 0.5) is 35.9 Å². The largest absolute Gasteiger partial charge is 0.492 e. The van der Waals surface area contributed by atoms with Crippen molar-refractivity contribution in [3.63, 3.8) is 0 Å². The highest BCUT2D eigenvalue weighted by atomic mass is 35.5. The highest BCUT2D eigenvalue weighted by Gasteiger charge is 2.52. The van der Waals surface area contributed by atoms with Crippen molar-refractivity contribution in [2.75, 3.05) is 53.2 Å². The van der Waals surface area contributed by atoms with Gasteiger partial charge < -0.3 is 20.3 Å². The van der Waals surface area contributed by atoms with Crippen LogP contribution in [0.15, 0.2) is 54.6 Å². The second-order valence-corrected chi connectivity index (χ2v) is 17.5. The van der Waals surface area contributed by atoms with E-state index in [9.17, 15) is 37.6 Å².